The van der Waals surface area contributed by atoms with E-state index in [1.54, 1.807) is 6.92 Å². The van der Waals surface area contributed by atoms with Gasteiger partial charge in [0.2, 0.25) is 5.91 Å². The quantitative estimate of drug-likeness (QED) is 0.714. The maximum absolute atomic E-state index is 11.8. The molecule has 0 bridgehead atoms. The summed E-state index contributed by atoms with van der Waals surface area (Å²) < 4.78 is 35.4. The van der Waals surface area contributed by atoms with Gasteiger partial charge in [-0.25, -0.2) is 0 Å². The number of carbonyl (C=O) groups excluding carboxylic acids is 1. The second kappa shape index (κ2) is 4.61. The number of hydrogen-bond acceptors (Lipinski definition) is 2. The van der Waals surface area contributed by atoms with Gasteiger partial charge in [0.25, 0.3) is 0 Å². The van der Waals surface area contributed by atoms with Crippen LogP contribution in [0, 0.1) is 5.92 Å². The van der Waals surface area contributed by atoms with E-state index in [4.69, 9.17) is 5.73 Å². The number of alkyl halides is 3. The lowest BCUT2D eigenvalue weighted by molar-refractivity contribution is -0.136. The van der Waals surface area contributed by atoms with Crippen molar-refractivity contribution in [1.82, 2.24) is 5.32 Å². The fourth-order valence-electron chi connectivity index (χ4n) is 1.55. The van der Waals surface area contributed by atoms with E-state index >= 15 is 0 Å². The molecule has 0 spiro atoms. The van der Waals surface area contributed by atoms with Crippen LogP contribution in [-0.4, -0.2) is 24.2 Å². The van der Waals surface area contributed by atoms with E-state index in [1.807, 2.05) is 0 Å². The van der Waals surface area contributed by atoms with E-state index in [-0.39, 0.29) is 24.8 Å². The molecule has 0 radical (unpaired) electrons. The summed E-state index contributed by atoms with van der Waals surface area (Å²) in [7, 11) is 0. The highest BCUT2D eigenvalue weighted by Crippen LogP contribution is 2.38. The molecule has 3 N–H and O–H groups in total. The van der Waals surface area contributed by atoms with Crippen molar-refractivity contribution < 1.29 is 18.0 Å². The third-order valence-electron chi connectivity index (χ3n) is 2.84. The van der Waals surface area contributed by atoms with E-state index in [1.165, 1.54) is 0 Å². The van der Waals surface area contributed by atoms with Crippen molar-refractivity contribution in [2.75, 3.05) is 6.54 Å². The Morgan fingerprint density at radius 2 is 2.00 bits per heavy atom. The fraction of sp³-hybridized carbons (Fsp3) is 0.900. The first-order chi connectivity index (χ1) is 7.23. The highest BCUT2D eigenvalue weighted by atomic mass is 19.4. The summed E-state index contributed by atoms with van der Waals surface area (Å²) in [6.07, 6.45) is -3.30. The van der Waals surface area contributed by atoms with Crippen molar-refractivity contribution in [3.63, 3.8) is 0 Å². The molecular weight excluding hydrogens is 221 g/mol. The summed E-state index contributed by atoms with van der Waals surface area (Å²) in [6.45, 7) is 1.65. The third kappa shape index (κ3) is 4.00. The molecule has 1 aliphatic rings. The van der Waals surface area contributed by atoms with Crippen LogP contribution in [0.5, 0.6) is 0 Å². The molecule has 0 aliphatic heterocycles. The van der Waals surface area contributed by atoms with Crippen molar-refractivity contribution >= 4 is 5.91 Å². The predicted molar refractivity (Wildman–Crippen MR) is 53.6 cm³/mol. The highest BCUT2D eigenvalue weighted by molar-refractivity contribution is 5.86. The van der Waals surface area contributed by atoms with Crippen molar-refractivity contribution in [3.8, 4) is 0 Å². The molecule has 0 aromatic carbocycles. The van der Waals surface area contributed by atoms with E-state index in [0.29, 0.717) is 0 Å². The van der Waals surface area contributed by atoms with Gasteiger partial charge >= 0.3 is 6.18 Å². The highest BCUT2D eigenvalue weighted by Gasteiger charge is 2.43. The Kier molecular flexibility index (Phi) is 3.83. The molecule has 94 valence electrons. The molecule has 3 nitrogen and oxygen atoms in total. The van der Waals surface area contributed by atoms with Crippen molar-refractivity contribution in [1.29, 1.82) is 0 Å². The molecule has 1 aliphatic carbocycles. The van der Waals surface area contributed by atoms with Gasteiger partial charge < -0.3 is 11.1 Å². The van der Waals surface area contributed by atoms with Crippen LogP contribution >= 0.6 is 0 Å². The van der Waals surface area contributed by atoms with Gasteiger partial charge in [0.15, 0.2) is 0 Å². The van der Waals surface area contributed by atoms with Crippen LogP contribution in [0.1, 0.15) is 32.6 Å². The summed E-state index contributed by atoms with van der Waals surface area (Å²) in [5.41, 5.74) is 4.87. The fourth-order valence-corrected chi connectivity index (χ4v) is 1.55. The Morgan fingerprint density at radius 3 is 2.44 bits per heavy atom. The molecule has 16 heavy (non-hydrogen) atoms. The molecule has 0 aromatic rings. The first kappa shape index (κ1) is 13.3. The van der Waals surface area contributed by atoms with Gasteiger partial charge in [-0.1, -0.05) is 0 Å². The Hall–Kier alpha value is -0.780. The van der Waals surface area contributed by atoms with Crippen LogP contribution in [0.4, 0.5) is 13.2 Å². The SMILES string of the molecule is CC(N)(C(=O)NCCCC(F)(F)F)C1CC1. The zero-order chi connectivity index (χ0) is 12.4. The molecule has 0 saturated heterocycles. The van der Waals surface area contributed by atoms with Gasteiger partial charge in [-0.2, -0.15) is 13.2 Å². The van der Waals surface area contributed by atoms with E-state index < -0.39 is 18.1 Å². The average Bonchev–Trinajstić information content (AvgIpc) is 2.93. The number of nitrogens with one attached hydrogen (secondary N) is 1. The van der Waals surface area contributed by atoms with Gasteiger partial charge in [0.05, 0.1) is 5.54 Å². The minimum atomic E-state index is -4.16. The summed E-state index contributed by atoms with van der Waals surface area (Å²) in [5, 5.41) is 2.45. The van der Waals surface area contributed by atoms with Crippen molar-refractivity contribution in [2.45, 2.75) is 44.3 Å². The first-order valence-electron chi connectivity index (χ1n) is 5.37. The Morgan fingerprint density at radius 1 is 1.44 bits per heavy atom. The molecule has 1 fully saturated rings. The van der Waals surface area contributed by atoms with Crippen LogP contribution in [-0.2, 0) is 4.79 Å². The molecule has 1 rings (SSSR count). The smallest absolute Gasteiger partial charge is 0.354 e. The van der Waals surface area contributed by atoms with Gasteiger partial charge in [-0.05, 0) is 32.1 Å². The van der Waals surface area contributed by atoms with E-state index in [9.17, 15) is 18.0 Å². The van der Waals surface area contributed by atoms with Crippen molar-refractivity contribution in [2.24, 2.45) is 11.7 Å². The molecule has 1 atom stereocenters. The number of nitrogens with two attached hydrogens (primary N) is 1. The summed E-state index contributed by atoms with van der Waals surface area (Å²) in [4.78, 5) is 11.6. The number of halogens is 3. The van der Waals surface area contributed by atoms with Crippen LogP contribution in [0.3, 0.4) is 0 Å². The maximum atomic E-state index is 11.8. The summed E-state index contributed by atoms with van der Waals surface area (Å²) in [5.74, 6) is -0.174. The third-order valence-corrected chi connectivity index (χ3v) is 2.84. The number of carbonyl (C=O) groups is 1. The van der Waals surface area contributed by atoms with Gasteiger partial charge in [0.1, 0.15) is 0 Å². The van der Waals surface area contributed by atoms with E-state index in [2.05, 4.69) is 5.32 Å². The Labute approximate surface area is 92.6 Å². The molecular formula is C10H17F3N2O. The predicted octanol–water partition coefficient (Wildman–Crippen LogP) is 1.57. The minimum Gasteiger partial charge on any atom is -0.354 e. The normalized spacial score (nSPS) is 20.3. The molecule has 6 heteroatoms. The second-order valence-electron chi connectivity index (χ2n) is 4.53. The molecule has 1 amide bonds. The average molecular weight is 238 g/mol. The molecule has 1 saturated carbocycles. The second-order valence-corrected chi connectivity index (χ2v) is 4.53. The number of amides is 1. The lowest BCUT2D eigenvalue weighted by atomic mass is 9.96. The molecule has 0 aromatic heterocycles. The van der Waals surface area contributed by atoms with Crippen LogP contribution in [0.2, 0.25) is 0 Å². The minimum absolute atomic E-state index is 0.0256. The van der Waals surface area contributed by atoms with Crippen LogP contribution in [0.25, 0.3) is 0 Å². The van der Waals surface area contributed by atoms with Crippen LogP contribution < -0.4 is 11.1 Å². The summed E-state index contributed by atoms with van der Waals surface area (Å²) >= 11 is 0. The largest absolute Gasteiger partial charge is 0.389 e. The molecule has 0 heterocycles. The zero-order valence-electron chi connectivity index (χ0n) is 9.23. The Bertz CT molecular complexity index is 259. The maximum Gasteiger partial charge on any atom is 0.389 e. The van der Waals surface area contributed by atoms with Crippen molar-refractivity contribution in [3.05, 3.63) is 0 Å². The van der Waals surface area contributed by atoms with Gasteiger partial charge in [-0.15, -0.1) is 0 Å². The topological polar surface area (TPSA) is 55.1 Å². The zero-order valence-corrected chi connectivity index (χ0v) is 9.23. The lowest BCUT2D eigenvalue weighted by Crippen LogP contribution is -2.53. The van der Waals surface area contributed by atoms with E-state index in [0.717, 1.165) is 12.8 Å². The number of hydrogen-bond donors (Lipinski definition) is 2. The number of rotatable bonds is 5. The summed E-state index contributed by atoms with van der Waals surface area (Å²) in [6, 6.07) is 0. The lowest BCUT2D eigenvalue weighted by Gasteiger charge is -2.23. The van der Waals surface area contributed by atoms with Gasteiger partial charge in [-0.3, -0.25) is 4.79 Å². The Balaban J connectivity index is 2.20. The monoisotopic (exact) mass is 238 g/mol. The first-order valence-corrected chi connectivity index (χ1v) is 5.37. The standard InChI is InChI=1S/C10H17F3N2O/c1-9(14,7-3-4-7)8(16)15-6-2-5-10(11,12)13/h7H,2-6,14H2,1H3,(H,15,16). The van der Waals surface area contributed by atoms with Crippen LogP contribution in [0.15, 0.2) is 0 Å². The van der Waals surface area contributed by atoms with Gasteiger partial charge in [0, 0.05) is 13.0 Å². The molecule has 1 unspecified atom stereocenters.